The van der Waals surface area contributed by atoms with Crippen LogP contribution >= 0.6 is 11.3 Å². The summed E-state index contributed by atoms with van der Waals surface area (Å²) < 4.78 is 4.80. The maximum absolute atomic E-state index is 11.9. The highest BCUT2D eigenvalue weighted by atomic mass is 32.1. The van der Waals surface area contributed by atoms with E-state index in [0.29, 0.717) is 10.4 Å². The number of carbonyl (C=O) groups excluding carboxylic acids is 1. The van der Waals surface area contributed by atoms with Crippen molar-refractivity contribution >= 4 is 28.0 Å². The Morgan fingerprint density at radius 3 is 2.80 bits per heavy atom. The minimum absolute atomic E-state index is 0.233. The Labute approximate surface area is 122 Å². The van der Waals surface area contributed by atoms with Gasteiger partial charge in [0.25, 0.3) is 0 Å². The molecule has 0 atom stereocenters. The lowest BCUT2D eigenvalue weighted by molar-refractivity contribution is 0.0603. The number of carbonyl (C=O) groups is 1. The summed E-state index contributed by atoms with van der Waals surface area (Å²) in [5.41, 5.74) is 6.48. The topological polar surface area (TPSA) is 82.6 Å². The van der Waals surface area contributed by atoms with Crippen LogP contribution < -0.4 is 10.6 Å². The molecule has 2 N–H and O–H groups in total. The summed E-state index contributed by atoms with van der Waals surface area (Å²) >= 11 is 1.27. The maximum Gasteiger partial charge on any atom is 0.343 e. The second-order valence-corrected chi connectivity index (χ2v) is 5.77. The Morgan fingerprint density at radius 2 is 2.15 bits per heavy atom. The highest BCUT2D eigenvalue weighted by Crippen LogP contribution is 2.38. The monoisotopic (exact) mass is 294 g/mol. The molecule has 2 heterocycles. The fraction of sp³-hybridized carbons (Fsp3) is 0.538. The van der Waals surface area contributed by atoms with Gasteiger partial charge in [0.15, 0.2) is 0 Å². The standard InChI is InChI=1S/C13H18N4O2S/c1-16-4-3-5-17(7-6-16)12-10(13(18)19-2)11(15)9(8-14)20-12/h3-7,15H2,1-2H3. The number of thiophene rings is 1. The molecule has 0 aromatic carbocycles. The van der Waals surface area contributed by atoms with Gasteiger partial charge in [-0.1, -0.05) is 0 Å². The zero-order valence-electron chi connectivity index (χ0n) is 11.7. The Hall–Kier alpha value is -1.78. The lowest BCUT2D eigenvalue weighted by Crippen LogP contribution is -2.29. The molecular weight excluding hydrogens is 276 g/mol. The van der Waals surface area contributed by atoms with Gasteiger partial charge in [-0.2, -0.15) is 5.26 Å². The van der Waals surface area contributed by atoms with E-state index < -0.39 is 5.97 Å². The number of esters is 1. The van der Waals surface area contributed by atoms with Gasteiger partial charge in [0.05, 0.1) is 12.8 Å². The van der Waals surface area contributed by atoms with Crippen LogP contribution in [-0.4, -0.2) is 51.2 Å². The van der Waals surface area contributed by atoms with E-state index in [0.717, 1.165) is 37.6 Å². The van der Waals surface area contributed by atoms with Gasteiger partial charge in [-0.15, -0.1) is 11.3 Å². The molecule has 0 spiro atoms. The zero-order chi connectivity index (χ0) is 14.7. The third-order valence-corrected chi connectivity index (χ3v) is 4.60. The van der Waals surface area contributed by atoms with Crippen LogP contribution in [0.4, 0.5) is 10.7 Å². The molecule has 1 aromatic heterocycles. The Bertz CT molecular complexity index is 549. The molecule has 1 saturated heterocycles. The van der Waals surface area contributed by atoms with Crippen molar-refractivity contribution in [3.63, 3.8) is 0 Å². The van der Waals surface area contributed by atoms with E-state index >= 15 is 0 Å². The maximum atomic E-state index is 11.9. The fourth-order valence-corrected chi connectivity index (χ4v) is 3.34. The van der Waals surface area contributed by atoms with Gasteiger partial charge in [-0.25, -0.2) is 4.79 Å². The molecule has 7 heteroatoms. The summed E-state index contributed by atoms with van der Waals surface area (Å²) in [5, 5.41) is 9.86. The minimum atomic E-state index is -0.479. The van der Waals surface area contributed by atoms with E-state index in [1.807, 2.05) is 6.07 Å². The normalized spacial score (nSPS) is 16.6. The molecule has 6 nitrogen and oxygen atoms in total. The van der Waals surface area contributed by atoms with Crippen LogP contribution in [-0.2, 0) is 4.74 Å². The van der Waals surface area contributed by atoms with Crippen LogP contribution in [0.2, 0.25) is 0 Å². The van der Waals surface area contributed by atoms with E-state index in [9.17, 15) is 4.79 Å². The van der Waals surface area contributed by atoms with Crippen LogP contribution in [0.25, 0.3) is 0 Å². The summed E-state index contributed by atoms with van der Waals surface area (Å²) in [6.45, 7) is 3.60. The van der Waals surface area contributed by atoms with E-state index in [2.05, 4.69) is 16.8 Å². The summed E-state index contributed by atoms with van der Waals surface area (Å²) in [7, 11) is 3.40. The van der Waals surface area contributed by atoms with Gasteiger partial charge in [-0.05, 0) is 20.0 Å². The summed E-state index contributed by atoms with van der Waals surface area (Å²) in [5.74, 6) is -0.479. The number of rotatable bonds is 2. The molecule has 0 aliphatic carbocycles. The molecule has 0 radical (unpaired) electrons. The third-order valence-electron chi connectivity index (χ3n) is 3.42. The van der Waals surface area contributed by atoms with Gasteiger partial charge in [0.1, 0.15) is 21.5 Å². The van der Waals surface area contributed by atoms with Gasteiger partial charge < -0.3 is 20.3 Å². The Balaban J connectivity index is 2.39. The smallest absolute Gasteiger partial charge is 0.343 e. The van der Waals surface area contributed by atoms with Gasteiger partial charge in [0, 0.05) is 19.6 Å². The lowest BCUT2D eigenvalue weighted by Gasteiger charge is -2.22. The summed E-state index contributed by atoms with van der Waals surface area (Å²) in [6, 6.07) is 2.05. The van der Waals surface area contributed by atoms with Gasteiger partial charge in [-0.3, -0.25) is 0 Å². The van der Waals surface area contributed by atoms with E-state index in [-0.39, 0.29) is 5.69 Å². The molecule has 1 aliphatic rings. The van der Waals surface area contributed by atoms with Crippen LogP contribution in [0.15, 0.2) is 0 Å². The number of nitrogen functional groups attached to an aromatic ring is 1. The highest BCUT2D eigenvalue weighted by molar-refractivity contribution is 7.17. The van der Waals surface area contributed by atoms with E-state index in [1.54, 1.807) is 0 Å². The van der Waals surface area contributed by atoms with Crippen LogP contribution in [0, 0.1) is 11.3 Å². The van der Waals surface area contributed by atoms with Crippen molar-refractivity contribution < 1.29 is 9.53 Å². The average Bonchev–Trinajstić information content (AvgIpc) is 2.62. The third kappa shape index (κ3) is 2.71. The first-order chi connectivity index (χ1) is 9.58. The molecule has 108 valence electrons. The lowest BCUT2D eigenvalue weighted by atomic mass is 10.2. The van der Waals surface area contributed by atoms with Crippen molar-refractivity contribution in [2.24, 2.45) is 0 Å². The van der Waals surface area contributed by atoms with Gasteiger partial charge >= 0.3 is 5.97 Å². The molecule has 20 heavy (non-hydrogen) atoms. The largest absolute Gasteiger partial charge is 0.465 e. The number of methoxy groups -OCH3 is 1. The Morgan fingerprint density at radius 1 is 1.40 bits per heavy atom. The predicted octanol–water partition coefficient (Wildman–Crippen LogP) is 1.13. The molecule has 0 unspecified atom stereocenters. The molecular formula is C13H18N4O2S. The van der Waals surface area contributed by atoms with E-state index in [1.165, 1.54) is 18.4 Å². The van der Waals surface area contributed by atoms with Crippen molar-refractivity contribution in [1.29, 1.82) is 5.26 Å². The molecule has 0 saturated carbocycles. The molecule has 0 amide bonds. The number of nitrogens with two attached hydrogens (primary N) is 1. The van der Waals surface area contributed by atoms with Crippen LogP contribution in [0.5, 0.6) is 0 Å². The first-order valence-electron chi connectivity index (χ1n) is 6.42. The number of likely N-dealkylation sites (N-methyl/N-ethyl adjacent to an activating group) is 1. The summed E-state index contributed by atoms with van der Waals surface area (Å²) in [6.07, 6.45) is 1.01. The molecule has 1 aliphatic heterocycles. The first kappa shape index (κ1) is 14.6. The molecule has 1 fully saturated rings. The van der Waals surface area contributed by atoms with Crippen LogP contribution in [0.3, 0.4) is 0 Å². The number of anilines is 2. The van der Waals surface area contributed by atoms with Crippen molar-refractivity contribution in [1.82, 2.24) is 4.90 Å². The SMILES string of the molecule is COC(=O)c1c(N2CCCN(C)CC2)sc(C#N)c1N. The van der Waals surface area contributed by atoms with Crippen molar-refractivity contribution in [3.05, 3.63) is 10.4 Å². The number of nitrogens with zero attached hydrogens (tertiary/aromatic N) is 3. The van der Waals surface area contributed by atoms with E-state index in [4.69, 9.17) is 15.7 Å². The second kappa shape index (κ2) is 6.11. The minimum Gasteiger partial charge on any atom is -0.465 e. The number of hydrogen-bond acceptors (Lipinski definition) is 7. The average molecular weight is 294 g/mol. The highest BCUT2D eigenvalue weighted by Gasteiger charge is 2.27. The van der Waals surface area contributed by atoms with Crippen molar-refractivity contribution in [2.75, 3.05) is 51.0 Å². The second-order valence-electron chi connectivity index (χ2n) is 4.77. The molecule has 1 aromatic rings. The van der Waals surface area contributed by atoms with Crippen molar-refractivity contribution in [3.8, 4) is 6.07 Å². The predicted molar refractivity (Wildman–Crippen MR) is 79.1 cm³/mol. The number of ether oxygens (including phenoxy) is 1. The number of nitriles is 1. The number of hydrogen-bond donors (Lipinski definition) is 1. The fourth-order valence-electron chi connectivity index (χ4n) is 2.29. The molecule has 2 rings (SSSR count). The van der Waals surface area contributed by atoms with Crippen molar-refractivity contribution in [2.45, 2.75) is 6.42 Å². The quantitative estimate of drug-likeness (QED) is 0.823. The van der Waals surface area contributed by atoms with Crippen LogP contribution in [0.1, 0.15) is 21.7 Å². The zero-order valence-corrected chi connectivity index (χ0v) is 12.5. The summed E-state index contributed by atoms with van der Waals surface area (Å²) in [4.78, 5) is 16.7. The first-order valence-corrected chi connectivity index (χ1v) is 7.24. The molecule has 0 bridgehead atoms. The van der Waals surface area contributed by atoms with Gasteiger partial charge in [0.2, 0.25) is 0 Å². The Kier molecular flexibility index (Phi) is 4.47.